The Bertz CT molecular complexity index is 1580. The van der Waals surface area contributed by atoms with Gasteiger partial charge >= 0.3 is 0 Å². The third-order valence-electron chi connectivity index (χ3n) is 9.29. The lowest BCUT2D eigenvalue weighted by Crippen LogP contribution is -2.58. The molecule has 0 amide bonds. The van der Waals surface area contributed by atoms with Gasteiger partial charge in [-0.05, 0) is 86.1 Å². The summed E-state index contributed by atoms with van der Waals surface area (Å²) < 4.78 is 11.4. The zero-order chi connectivity index (χ0) is 39.9. The maximum Gasteiger partial charge on any atom is 0.187 e. The Kier molecular flexibility index (Phi) is 18.5. The molecule has 5 N–H and O–H groups in total. The third-order valence-corrected chi connectivity index (χ3v) is 9.29. The van der Waals surface area contributed by atoms with E-state index in [1.807, 2.05) is 62.5 Å². The summed E-state index contributed by atoms with van der Waals surface area (Å²) in [6.45, 7) is 21.5. The fraction of sp³-hybridized carbons (Fsp3) is 0.478. The van der Waals surface area contributed by atoms with Crippen LogP contribution >= 0.6 is 0 Å². The van der Waals surface area contributed by atoms with Gasteiger partial charge in [0.15, 0.2) is 6.29 Å². The highest BCUT2D eigenvalue weighted by atomic mass is 16.7. The van der Waals surface area contributed by atoms with Crippen molar-refractivity contribution < 1.29 is 35.0 Å². The number of aliphatic hydroxyl groups excluding tert-OH is 4. The van der Waals surface area contributed by atoms with Gasteiger partial charge in [-0.1, -0.05) is 151 Å². The van der Waals surface area contributed by atoms with Crippen molar-refractivity contribution in [3.8, 4) is 0 Å². The van der Waals surface area contributed by atoms with E-state index in [1.54, 1.807) is 26.8 Å². The molecule has 1 fully saturated rings. The minimum atomic E-state index is -1.45. The van der Waals surface area contributed by atoms with E-state index < -0.39 is 42.4 Å². The molecule has 2 rings (SSSR count). The van der Waals surface area contributed by atoms with Crippen LogP contribution < -0.4 is 0 Å². The van der Waals surface area contributed by atoms with Gasteiger partial charge < -0.3 is 35.0 Å². The van der Waals surface area contributed by atoms with Crippen molar-refractivity contribution in [2.24, 2.45) is 5.41 Å². The monoisotopic (exact) mass is 730 g/mol. The summed E-state index contributed by atoms with van der Waals surface area (Å²) in [6.07, 6.45) is 28.8. The lowest BCUT2D eigenvalue weighted by molar-refractivity contribution is -0.309. The second kappa shape index (κ2) is 21.5. The topological polar surface area (TPSA) is 120 Å². The molecule has 7 heteroatoms. The van der Waals surface area contributed by atoms with Crippen LogP contribution in [-0.2, 0) is 9.47 Å². The molecule has 1 aliphatic carbocycles. The van der Waals surface area contributed by atoms with Gasteiger partial charge in [-0.15, -0.1) is 0 Å². The third kappa shape index (κ3) is 16.2. The first-order valence-corrected chi connectivity index (χ1v) is 18.6. The Morgan fingerprint density at radius 3 is 1.64 bits per heavy atom. The first kappa shape index (κ1) is 45.8. The fourth-order valence-corrected chi connectivity index (χ4v) is 6.10. The normalized spacial score (nSPS) is 28.3. The van der Waals surface area contributed by atoms with Crippen LogP contribution in [0.25, 0.3) is 0 Å². The molecule has 7 atom stereocenters. The highest BCUT2D eigenvalue weighted by Gasteiger charge is 2.44. The summed E-state index contributed by atoms with van der Waals surface area (Å²) in [7, 11) is 0. The average Bonchev–Trinajstić information content (AvgIpc) is 3.04. The van der Waals surface area contributed by atoms with Crippen LogP contribution in [0.1, 0.15) is 89.0 Å². The van der Waals surface area contributed by atoms with E-state index in [2.05, 4.69) is 90.2 Å². The van der Waals surface area contributed by atoms with Crippen molar-refractivity contribution >= 4 is 0 Å². The van der Waals surface area contributed by atoms with Crippen LogP contribution in [0.15, 0.2) is 142 Å². The SMILES string of the molecule is CC1=C(/C=C/C(C)=C/C=C/C(C)=C/C=C/C=C(C)/C=C/C=C(C)/C=C/C=C(C)/C=C/[C@H](O[C@@H]2O[C@H](C)[C@H](O)[C@@H](O)[C@H]2O)C(C)(C)O)C(C)(C)C[C@H](O)C1. The minimum absolute atomic E-state index is 0.0186. The van der Waals surface area contributed by atoms with Crippen molar-refractivity contribution in [3.05, 3.63) is 142 Å². The molecular formula is C46H66O7. The molecule has 1 heterocycles. The van der Waals surface area contributed by atoms with Crippen LogP contribution in [0.5, 0.6) is 0 Å². The fourth-order valence-electron chi connectivity index (χ4n) is 6.10. The molecule has 0 unspecified atom stereocenters. The van der Waals surface area contributed by atoms with Gasteiger partial charge in [0.25, 0.3) is 0 Å². The maximum absolute atomic E-state index is 10.7. The smallest absolute Gasteiger partial charge is 0.187 e. The Balaban J connectivity index is 1.90. The molecule has 0 aromatic rings. The lowest BCUT2D eigenvalue weighted by atomic mass is 9.71. The second-order valence-electron chi connectivity index (χ2n) is 15.7. The molecule has 1 saturated heterocycles. The van der Waals surface area contributed by atoms with Gasteiger partial charge in [0.2, 0.25) is 0 Å². The van der Waals surface area contributed by atoms with Gasteiger partial charge in [0.1, 0.15) is 24.4 Å². The van der Waals surface area contributed by atoms with E-state index in [4.69, 9.17) is 9.47 Å². The number of ether oxygens (including phenoxy) is 2. The van der Waals surface area contributed by atoms with Crippen molar-refractivity contribution in [1.82, 2.24) is 0 Å². The van der Waals surface area contributed by atoms with Crippen LogP contribution in [-0.4, -0.2) is 74.0 Å². The number of hydrogen-bond acceptors (Lipinski definition) is 7. The second-order valence-corrected chi connectivity index (χ2v) is 15.7. The minimum Gasteiger partial charge on any atom is -0.393 e. The summed E-state index contributed by atoms with van der Waals surface area (Å²) in [5, 5.41) is 51.2. The van der Waals surface area contributed by atoms with Crippen molar-refractivity contribution in [3.63, 3.8) is 0 Å². The standard InChI is InChI=1S/C46H66O7/c1-31(17-12-13-18-32(2)20-15-23-34(4)25-27-39-36(6)29-38(47)30-45(39,8)9)19-14-21-33(3)22-16-24-35(5)26-28-40(46(10,11)51)53-44-43(50)42(49)41(48)37(7)52-44/h12-28,37-38,40-44,47-51H,29-30H2,1-11H3/b13-12+,19-14+,20-15+,22-16+,27-25+,28-26+,31-17+,32-18+,33-21+,34-23+,35-24+/t37-,38-,40+,41+,42-,43-,44+/m1/s1. The molecule has 0 saturated carbocycles. The van der Waals surface area contributed by atoms with Gasteiger partial charge in [0.05, 0.1) is 17.8 Å². The van der Waals surface area contributed by atoms with Crippen molar-refractivity contribution in [1.29, 1.82) is 0 Å². The summed E-state index contributed by atoms with van der Waals surface area (Å²) in [4.78, 5) is 0. The number of aliphatic hydroxyl groups is 5. The summed E-state index contributed by atoms with van der Waals surface area (Å²) in [5.74, 6) is 0. The first-order valence-electron chi connectivity index (χ1n) is 18.6. The average molecular weight is 731 g/mol. The van der Waals surface area contributed by atoms with E-state index in [0.29, 0.717) is 0 Å². The van der Waals surface area contributed by atoms with E-state index >= 15 is 0 Å². The molecular weight excluding hydrogens is 664 g/mol. The van der Waals surface area contributed by atoms with Gasteiger partial charge in [-0.25, -0.2) is 0 Å². The molecule has 0 aromatic carbocycles. The van der Waals surface area contributed by atoms with Crippen LogP contribution in [0, 0.1) is 5.41 Å². The molecule has 0 spiro atoms. The predicted molar refractivity (Wildman–Crippen MR) is 219 cm³/mol. The summed E-state index contributed by atoms with van der Waals surface area (Å²) >= 11 is 0. The Labute approximate surface area is 319 Å². The Morgan fingerprint density at radius 2 is 1.17 bits per heavy atom. The molecule has 0 bridgehead atoms. The molecule has 2 aliphatic rings. The van der Waals surface area contributed by atoms with Gasteiger partial charge in [-0.2, -0.15) is 0 Å². The largest absolute Gasteiger partial charge is 0.393 e. The van der Waals surface area contributed by atoms with E-state index in [9.17, 15) is 25.5 Å². The number of hydrogen-bond donors (Lipinski definition) is 5. The predicted octanol–water partition coefficient (Wildman–Crippen LogP) is 8.54. The van der Waals surface area contributed by atoms with Gasteiger partial charge in [-0.3, -0.25) is 0 Å². The maximum atomic E-state index is 10.7. The van der Waals surface area contributed by atoms with Crippen molar-refractivity contribution in [2.45, 2.75) is 138 Å². The first-order chi connectivity index (χ1) is 24.7. The van der Waals surface area contributed by atoms with Gasteiger partial charge in [0, 0.05) is 0 Å². The summed E-state index contributed by atoms with van der Waals surface area (Å²) in [5.41, 5.74) is 6.72. The van der Waals surface area contributed by atoms with Crippen LogP contribution in [0.2, 0.25) is 0 Å². The Hall–Kier alpha value is -3.40. The molecule has 7 nitrogen and oxygen atoms in total. The number of rotatable bonds is 15. The molecule has 53 heavy (non-hydrogen) atoms. The molecule has 0 radical (unpaired) electrons. The Morgan fingerprint density at radius 1 is 0.717 bits per heavy atom. The molecule has 0 aromatic heterocycles. The van der Waals surface area contributed by atoms with E-state index in [-0.39, 0.29) is 11.5 Å². The zero-order valence-corrected chi connectivity index (χ0v) is 33.8. The van der Waals surface area contributed by atoms with Crippen molar-refractivity contribution in [2.75, 3.05) is 0 Å². The lowest BCUT2D eigenvalue weighted by Gasteiger charge is -2.41. The summed E-state index contributed by atoms with van der Waals surface area (Å²) in [6, 6.07) is 0. The van der Waals surface area contributed by atoms with E-state index in [1.165, 1.54) is 16.7 Å². The highest BCUT2D eigenvalue weighted by molar-refractivity contribution is 5.38. The van der Waals surface area contributed by atoms with Crippen LogP contribution in [0.3, 0.4) is 0 Å². The highest BCUT2D eigenvalue weighted by Crippen LogP contribution is 2.41. The van der Waals surface area contributed by atoms with Crippen LogP contribution in [0.4, 0.5) is 0 Å². The number of allylic oxidation sites excluding steroid dienone is 22. The molecule has 292 valence electrons. The molecule has 1 aliphatic heterocycles. The quantitative estimate of drug-likeness (QED) is 0.107. The van der Waals surface area contributed by atoms with E-state index in [0.717, 1.165) is 35.1 Å². The zero-order valence-electron chi connectivity index (χ0n) is 33.8.